The van der Waals surface area contributed by atoms with Crippen LogP contribution in [0.15, 0.2) is 30.3 Å². The van der Waals surface area contributed by atoms with Gasteiger partial charge >= 0.3 is 0 Å². The average molecular weight is 259 g/mol. The quantitative estimate of drug-likeness (QED) is 0.719. The minimum absolute atomic E-state index is 0.214. The highest BCUT2D eigenvalue weighted by atomic mass is 15.2. The predicted octanol–water partition coefficient (Wildman–Crippen LogP) is 2.91. The Hall–Kier alpha value is -1.37. The summed E-state index contributed by atoms with van der Waals surface area (Å²) in [7, 11) is 4.18. The molecule has 0 spiro atoms. The van der Waals surface area contributed by atoms with Crippen LogP contribution < -0.4 is 0 Å². The zero-order chi connectivity index (χ0) is 14.1. The molecule has 1 aromatic rings. The van der Waals surface area contributed by atoms with Gasteiger partial charge in [0, 0.05) is 19.1 Å². The van der Waals surface area contributed by atoms with Crippen molar-refractivity contribution in [1.29, 1.82) is 5.26 Å². The van der Waals surface area contributed by atoms with Crippen LogP contribution in [0.4, 0.5) is 0 Å². The van der Waals surface area contributed by atoms with Crippen LogP contribution in [-0.4, -0.2) is 43.5 Å². The molecule has 0 amide bonds. The third-order valence-electron chi connectivity index (χ3n) is 3.26. The van der Waals surface area contributed by atoms with Crippen molar-refractivity contribution < 1.29 is 0 Å². The maximum Gasteiger partial charge on any atom is 0.0641 e. The van der Waals surface area contributed by atoms with Crippen molar-refractivity contribution in [2.24, 2.45) is 0 Å². The number of nitriles is 1. The van der Waals surface area contributed by atoms with Crippen molar-refractivity contribution >= 4 is 0 Å². The lowest BCUT2D eigenvalue weighted by atomic mass is 10.0. The van der Waals surface area contributed by atoms with E-state index in [0.717, 1.165) is 26.1 Å². The van der Waals surface area contributed by atoms with Crippen LogP contribution >= 0.6 is 0 Å². The lowest BCUT2D eigenvalue weighted by molar-refractivity contribution is 0.180. The summed E-state index contributed by atoms with van der Waals surface area (Å²) in [6, 6.07) is 12.9. The Balaban J connectivity index is 2.83. The molecule has 1 unspecified atom stereocenters. The molecule has 3 heteroatoms. The molecule has 0 radical (unpaired) electrons. The third-order valence-corrected chi connectivity index (χ3v) is 3.26. The maximum atomic E-state index is 9.11. The fraction of sp³-hybridized carbons (Fsp3) is 0.562. The smallest absolute Gasteiger partial charge is 0.0641 e. The van der Waals surface area contributed by atoms with Gasteiger partial charge in [-0.25, -0.2) is 0 Å². The minimum Gasteiger partial charge on any atom is -0.308 e. The summed E-state index contributed by atoms with van der Waals surface area (Å²) in [5.41, 5.74) is 1.25. The van der Waals surface area contributed by atoms with Gasteiger partial charge in [0.25, 0.3) is 0 Å². The van der Waals surface area contributed by atoms with Crippen LogP contribution in [0, 0.1) is 11.3 Å². The van der Waals surface area contributed by atoms with Crippen molar-refractivity contribution in [2.75, 3.05) is 33.7 Å². The van der Waals surface area contributed by atoms with E-state index in [4.69, 9.17) is 5.26 Å². The van der Waals surface area contributed by atoms with Crippen molar-refractivity contribution in [1.82, 2.24) is 9.80 Å². The highest BCUT2D eigenvalue weighted by Gasteiger charge is 2.19. The Labute approximate surface area is 117 Å². The van der Waals surface area contributed by atoms with Gasteiger partial charge in [0.05, 0.1) is 12.5 Å². The molecule has 104 valence electrons. The Morgan fingerprint density at radius 2 is 1.79 bits per heavy atom. The molecular formula is C16H25N3. The van der Waals surface area contributed by atoms with Crippen LogP contribution in [-0.2, 0) is 0 Å². The Morgan fingerprint density at radius 1 is 1.11 bits per heavy atom. The first-order valence-electron chi connectivity index (χ1n) is 6.99. The van der Waals surface area contributed by atoms with Crippen molar-refractivity contribution in [3.05, 3.63) is 35.9 Å². The molecule has 19 heavy (non-hydrogen) atoms. The lowest BCUT2D eigenvalue weighted by Crippen LogP contribution is -2.35. The number of hydrogen-bond acceptors (Lipinski definition) is 3. The largest absolute Gasteiger partial charge is 0.308 e. The van der Waals surface area contributed by atoms with Gasteiger partial charge in [-0.2, -0.15) is 5.26 Å². The number of rotatable bonds is 8. The van der Waals surface area contributed by atoms with Crippen LogP contribution in [0.1, 0.15) is 31.4 Å². The molecule has 0 aromatic heterocycles. The number of nitrogens with zero attached hydrogens (tertiary/aromatic N) is 3. The van der Waals surface area contributed by atoms with Crippen molar-refractivity contribution in [2.45, 2.75) is 25.8 Å². The predicted molar refractivity (Wildman–Crippen MR) is 79.8 cm³/mol. The van der Waals surface area contributed by atoms with E-state index in [-0.39, 0.29) is 6.04 Å². The Kier molecular flexibility index (Phi) is 7.17. The third kappa shape index (κ3) is 5.42. The molecule has 0 aliphatic carbocycles. The number of likely N-dealkylation sites (N-methyl/N-ethyl adjacent to an activating group) is 1. The van der Waals surface area contributed by atoms with Gasteiger partial charge in [-0.05, 0) is 32.6 Å². The Bertz CT molecular complexity index is 381. The normalized spacial score (nSPS) is 12.6. The zero-order valence-electron chi connectivity index (χ0n) is 12.3. The van der Waals surface area contributed by atoms with Gasteiger partial charge in [-0.1, -0.05) is 37.3 Å². The highest BCUT2D eigenvalue weighted by molar-refractivity contribution is 5.20. The number of benzene rings is 1. The van der Waals surface area contributed by atoms with Crippen LogP contribution in [0.3, 0.4) is 0 Å². The van der Waals surface area contributed by atoms with E-state index in [1.165, 1.54) is 5.56 Å². The summed E-state index contributed by atoms with van der Waals surface area (Å²) in [6.07, 6.45) is 1.67. The summed E-state index contributed by atoms with van der Waals surface area (Å²) in [6.45, 7) is 5.25. The topological polar surface area (TPSA) is 30.3 Å². The minimum atomic E-state index is 0.214. The van der Waals surface area contributed by atoms with Gasteiger partial charge in [0.2, 0.25) is 0 Å². The molecule has 3 nitrogen and oxygen atoms in total. The second-order valence-corrected chi connectivity index (χ2v) is 5.13. The summed E-state index contributed by atoms with van der Waals surface area (Å²) in [5, 5.41) is 9.11. The summed E-state index contributed by atoms with van der Waals surface area (Å²) < 4.78 is 0. The van der Waals surface area contributed by atoms with E-state index in [2.05, 4.69) is 61.2 Å². The van der Waals surface area contributed by atoms with Gasteiger partial charge in [-0.15, -0.1) is 0 Å². The monoisotopic (exact) mass is 259 g/mol. The van der Waals surface area contributed by atoms with E-state index < -0.39 is 0 Å². The molecule has 0 saturated carbocycles. The van der Waals surface area contributed by atoms with Gasteiger partial charge < -0.3 is 4.90 Å². The van der Waals surface area contributed by atoms with Crippen molar-refractivity contribution in [3.63, 3.8) is 0 Å². The SMILES string of the molecule is CCCN(CCN(C)C)C(CC#N)c1ccccc1. The highest BCUT2D eigenvalue weighted by Crippen LogP contribution is 2.23. The molecular weight excluding hydrogens is 234 g/mol. The fourth-order valence-electron chi connectivity index (χ4n) is 2.26. The van der Waals surface area contributed by atoms with E-state index in [1.54, 1.807) is 0 Å². The first kappa shape index (κ1) is 15.7. The van der Waals surface area contributed by atoms with Crippen LogP contribution in [0.2, 0.25) is 0 Å². The molecule has 0 heterocycles. The van der Waals surface area contributed by atoms with Crippen molar-refractivity contribution in [3.8, 4) is 6.07 Å². The van der Waals surface area contributed by atoms with Gasteiger partial charge in [-0.3, -0.25) is 4.90 Å². The molecule has 0 saturated heterocycles. The summed E-state index contributed by atoms with van der Waals surface area (Å²) in [4.78, 5) is 4.62. The first-order chi connectivity index (χ1) is 9.19. The molecule has 0 fully saturated rings. The van der Waals surface area contributed by atoms with Crippen LogP contribution in [0.25, 0.3) is 0 Å². The number of hydrogen-bond donors (Lipinski definition) is 0. The van der Waals surface area contributed by atoms with E-state index >= 15 is 0 Å². The molecule has 1 atom stereocenters. The molecule has 0 N–H and O–H groups in total. The van der Waals surface area contributed by atoms with E-state index in [0.29, 0.717) is 6.42 Å². The molecule has 0 aliphatic heterocycles. The Morgan fingerprint density at radius 3 is 2.32 bits per heavy atom. The lowest BCUT2D eigenvalue weighted by Gasteiger charge is -2.31. The van der Waals surface area contributed by atoms with E-state index in [1.807, 2.05) is 6.07 Å². The molecule has 0 aliphatic rings. The first-order valence-corrected chi connectivity index (χ1v) is 6.99. The van der Waals surface area contributed by atoms with Crippen LogP contribution in [0.5, 0.6) is 0 Å². The fourth-order valence-corrected chi connectivity index (χ4v) is 2.26. The zero-order valence-corrected chi connectivity index (χ0v) is 12.3. The molecule has 0 bridgehead atoms. The second kappa shape index (κ2) is 8.68. The maximum absolute atomic E-state index is 9.11. The molecule has 1 aromatic carbocycles. The van der Waals surface area contributed by atoms with Gasteiger partial charge in [0.15, 0.2) is 0 Å². The summed E-state index contributed by atoms with van der Waals surface area (Å²) >= 11 is 0. The average Bonchev–Trinajstić information content (AvgIpc) is 2.42. The summed E-state index contributed by atoms with van der Waals surface area (Å²) in [5.74, 6) is 0. The standard InChI is InChI=1S/C16H25N3/c1-4-12-19(14-13-18(2)3)16(10-11-17)15-8-6-5-7-9-15/h5-9,16H,4,10,12-14H2,1-3H3. The second-order valence-electron chi connectivity index (χ2n) is 5.13. The molecule has 1 rings (SSSR count). The van der Waals surface area contributed by atoms with Gasteiger partial charge in [0.1, 0.15) is 0 Å². The van der Waals surface area contributed by atoms with E-state index in [9.17, 15) is 0 Å².